The van der Waals surface area contributed by atoms with Gasteiger partial charge >= 0.3 is 0 Å². The van der Waals surface area contributed by atoms with Crippen LogP contribution in [0, 0.1) is 11.8 Å². The van der Waals surface area contributed by atoms with Crippen LogP contribution in [0.15, 0.2) is 47.3 Å². The van der Waals surface area contributed by atoms with Gasteiger partial charge in [-0.05, 0) is 31.5 Å². The van der Waals surface area contributed by atoms with Crippen molar-refractivity contribution in [2.24, 2.45) is 11.8 Å². The summed E-state index contributed by atoms with van der Waals surface area (Å²) in [7, 11) is 1.65. The molecule has 4 atom stereocenters. The normalized spacial score (nSPS) is 24.1. The molecular weight excluding hydrogens is 418 g/mol. The van der Waals surface area contributed by atoms with Crippen molar-refractivity contribution in [3.05, 3.63) is 69.6 Å². The molecule has 2 aliphatic heterocycles. The summed E-state index contributed by atoms with van der Waals surface area (Å²) in [6.07, 6.45) is 4.50. The minimum Gasteiger partial charge on any atom is -0.496 e. The summed E-state index contributed by atoms with van der Waals surface area (Å²) in [4.78, 5) is 28.8. The van der Waals surface area contributed by atoms with E-state index in [0.29, 0.717) is 25.2 Å². The third kappa shape index (κ3) is 4.11. The van der Waals surface area contributed by atoms with Gasteiger partial charge in [0.15, 0.2) is 0 Å². The number of pyridine rings is 1. The summed E-state index contributed by atoms with van der Waals surface area (Å²) >= 11 is 0. The quantitative estimate of drug-likeness (QED) is 0.645. The van der Waals surface area contributed by atoms with Crippen molar-refractivity contribution in [2.45, 2.75) is 45.4 Å². The first-order chi connectivity index (χ1) is 16.0. The molecule has 1 saturated heterocycles. The summed E-state index contributed by atoms with van der Waals surface area (Å²) in [5.41, 5.74) is 2.42. The summed E-state index contributed by atoms with van der Waals surface area (Å²) in [6.45, 7) is 5.38. The van der Waals surface area contributed by atoms with E-state index < -0.39 is 5.92 Å². The van der Waals surface area contributed by atoms with Gasteiger partial charge in [0, 0.05) is 55.0 Å². The van der Waals surface area contributed by atoms with Gasteiger partial charge in [0.1, 0.15) is 5.75 Å². The fourth-order valence-corrected chi connectivity index (χ4v) is 5.46. The number of ether oxygens (including phenoxy) is 1. The number of hydrogen-bond acceptors (Lipinski definition) is 5. The third-order valence-electron chi connectivity index (χ3n) is 6.94. The molecule has 7 nitrogen and oxygen atoms in total. The molecule has 0 radical (unpaired) electrons. The zero-order valence-electron chi connectivity index (χ0n) is 19.5. The maximum atomic E-state index is 13.3. The van der Waals surface area contributed by atoms with E-state index in [4.69, 9.17) is 4.74 Å². The molecule has 33 heavy (non-hydrogen) atoms. The molecule has 2 bridgehead atoms. The van der Waals surface area contributed by atoms with E-state index in [-0.39, 0.29) is 36.1 Å². The van der Waals surface area contributed by atoms with Gasteiger partial charge in [-0.3, -0.25) is 14.5 Å². The van der Waals surface area contributed by atoms with Crippen LogP contribution in [0.25, 0.3) is 6.08 Å². The fourth-order valence-electron chi connectivity index (χ4n) is 5.46. The number of carbonyl (C=O) groups excluding carboxylic acids is 1. The van der Waals surface area contributed by atoms with Crippen molar-refractivity contribution in [3.8, 4) is 5.75 Å². The highest BCUT2D eigenvalue weighted by Gasteiger charge is 2.55. The van der Waals surface area contributed by atoms with E-state index in [1.165, 1.54) is 0 Å². The maximum Gasteiger partial charge on any atom is 0.258 e. The number of methoxy groups -OCH3 is 1. The predicted octanol–water partition coefficient (Wildman–Crippen LogP) is 2.58. The number of amides is 1. The van der Waals surface area contributed by atoms with E-state index in [2.05, 4.69) is 10.2 Å². The Kier molecular flexibility index (Phi) is 7.00. The summed E-state index contributed by atoms with van der Waals surface area (Å²) in [5, 5.41) is 13.4. The molecule has 2 aliphatic rings. The van der Waals surface area contributed by atoms with Crippen molar-refractivity contribution in [3.63, 3.8) is 0 Å². The second kappa shape index (κ2) is 9.93. The van der Waals surface area contributed by atoms with E-state index in [9.17, 15) is 14.7 Å². The molecule has 7 heteroatoms. The summed E-state index contributed by atoms with van der Waals surface area (Å²) in [5.74, 6) is 0.00990. The van der Waals surface area contributed by atoms with Crippen molar-refractivity contribution < 1.29 is 14.6 Å². The number of nitrogens with one attached hydrogen (secondary N) is 1. The van der Waals surface area contributed by atoms with E-state index in [1.54, 1.807) is 11.7 Å². The van der Waals surface area contributed by atoms with Crippen LogP contribution < -0.4 is 15.6 Å². The largest absolute Gasteiger partial charge is 0.496 e. The Hall–Kier alpha value is -2.90. The van der Waals surface area contributed by atoms with Crippen molar-refractivity contribution >= 4 is 12.0 Å². The summed E-state index contributed by atoms with van der Waals surface area (Å²) in [6, 6.07) is 11.2. The van der Waals surface area contributed by atoms with Gasteiger partial charge in [0.25, 0.3) is 5.56 Å². The van der Waals surface area contributed by atoms with Crippen LogP contribution in [-0.2, 0) is 17.9 Å². The van der Waals surface area contributed by atoms with Gasteiger partial charge < -0.3 is 19.7 Å². The first kappa shape index (κ1) is 23.3. The molecule has 2 aromatic rings. The van der Waals surface area contributed by atoms with Crippen LogP contribution in [0.5, 0.6) is 5.75 Å². The number of aliphatic hydroxyl groups excluding tert-OH is 1. The van der Waals surface area contributed by atoms with Crippen LogP contribution in [-0.4, -0.2) is 46.8 Å². The van der Waals surface area contributed by atoms with Gasteiger partial charge in [-0.1, -0.05) is 37.3 Å². The minimum absolute atomic E-state index is 0.0520. The lowest BCUT2D eigenvalue weighted by atomic mass is 9.86. The van der Waals surface area contributed by atoms with E-state index >= 15 is 0 Å². The number of para-hydroxylation sites is 1. The van der Waals surface area contributed by atoms with Crippen LogP contribution >= 0.6 is 0 Å². The molecule has 1 amide bonds. The Labute approximate surface area is 194 Å². The highest BCUT2D eigenvalue weighted by atomic mass is 16.5. The van der Waals surface area contributed by atoms with Crippen LogP contribution in [0.3, 0.4) is 0 Å². The molecule has 0 unspecified atom stereocenters. The Morgan fingerprint density at radius 3 is 2.76 bits per heavy atom. The van der Waals surface area contributed by atoms with Gasteiger partial charge in [-0.15, -0.1) is 0 Å². The second-order valence-electron chi connectivity index (χ2n) is 8.79. The number of aliphatic hydroxyl groups is 1. The van der Waals surface area contributed by atoms with Gasteiger partial charge in [-0.25, -0.2) is 0 Å². The summed E-state index contributed by atoms with van der Waals surface area (Å²) < 4.78 is 7.38. The zero-order chi connectivity index (χ0) is 23.5. The molecular formula is C26H33N3O4. The number of benzene rings is 1. The SMILES string of the molecule is C/C=C/c1ccc2n(c1=O)C[C@@H]1[C@@H](CO)[C@H](C(=O)NCCC)[C@H]2N1Cc1ccccc1OC. The van der Waals surface area contributed by atoms with Crippen molar-refractivity contribution in [2.75, 3.05) is 20.3 Å². The molecule has 0 spiro atoms. The van der Waals surface area contributed by atoms with Gasteiger partial charge in [-0.2, -0.15) is 0 Å². The van der Waals surface area contributed by atoms with E-state index in [1.807, 2.05) is 62.4 Å². The molecule has 4 rings (SSSR count). The molecule has 1 aromatic heterocycles. The van der Waals surface area contributed by atoms with Crippen LogP contribution in [0.1, 0.15) is 43.1 Å². The lowest BCUT2D eigenvalue weighted by Crippen LogP contribution is -2.46. The molecule has 1 fully saturated rings. The Balaban J connectivity index is 1.82. The van der Waals surface area contributed by atoms with Crippen LogP contribution in [0.4, 0.5) is 0 Å². The van der Waals surface area contributed by atoms with E-state index in [0.717, 1.165) is 23.4 Å². The Morgan fingerprint density at radius 1 is 1.27 bits per heavy atom. The molecule has 3 heterocycles. The molecule has 2 N–H and O–H groups in total. The molecule has 0 saturated carbocycles. The van der Waals surface area contributed by atoms with Crippen molar-refractivity contribution in [1.82, 2.24) is 14.8 Å². The van der Waals surface area contributed by atoms with Gasteiger partial charge in [0.05, 0.1) is 19.1 Å². The number of aromatic nitrogens is 1. The number of rotatable bonds is 8. The highest BCUT2D eigenvalue weighted by molar-refractivity contribution is 5.80. The van der Waals surface area contributed by atoms with Gasteiger partial charge in [0.2, 0.25) is 5.91 Å². The predicted molar refractivity (Wildman–Crippen MR) is 128 cm³/mol. The maximum absolute atomic E-state index is 13.3. The molecule has 1 aromatic carbocycles. The fraction of sp³-hybridized carbons (Fsp3) is 0.462. The average molecular weight is 452 g/mol. The monoisotopic (exact) mass is 451 g/mol. The highest BCUT2D eigenvalue weighted by Crippen LogP contribution is 2.49. The number of fused-ring (bicyclic) bond motifs is 4. The minimum atomic E-state index is -0.443. The Bertz CT molecular complexity index is 1090. The lowest BCUT2D eigenvalue weighted by Gasteiger charge is -2.38. The zero-order valence-corrected chi connectivity index (χ0v) is 19.5. The Morgan fingerprint density at radius 2 is 2.06 bits per heavy atom. The lowest BCUT2D eigenvalue weighted by molar-refractivity contribution is -0.127. The number of nitrogens with zero attached hydrogens (tertiary/aromatic N) is 2. The topological polar surface area (TPSA) is 83.8 Å². The molecule has 176 valence electrons. The third-order valence-corrected chi connectivity index (χ3v) is 6.94. The number of carbonyl (C=O) groups is 1. The van der Waals surface area contributed by atoms with Crippen LogP contribution in [0.2, 0.25) is 0 Å². The first-order valence-corrected chi connectivity index (χ1v) is 11.7. The first-order valence-electron chi connectivity index (χ1n) is 11.7. The smallest absolute Gasteiger partial charge is 0.258 e. The number of hydrogen-bond donors (Lipinski definition) is 2. The second-order valence-corrected chi connectivity index (χ2v) is 8.79. The standard InChI is InChI=1S/C26H33N3O4/c1-4-8-17-11-12-20-24-23(25(31)27-13-5-2)19(16-30)21(15-29(20)26(17)32)28(24)14-18-9-6-7-10-22(18)33-3/h4,6-12,19,21,23-24,30H,5,13-16H2,1-3H3,(H,27,31)/b8-4+/t19-,21-,23+,24+/m1/s1. The van der Waals surface area contributed by atoms with Crippen molar-refractivity contribution in [1.29, 1.82) is 0 Å². The average Bonchev–Trinajstić information content (AvgIpc) is 3.04. The molecule has 0 aliphatic carbocycles. The number of allylic oxidation sites excluding steroid dienone is 1.